The molecule has 2 amide bonds. The Kier molecular flexibility index (Phi) is 9.26. The van der Waals surface area contributed by atoms with Gasteiger partial charge in [0, 0.05) is 13.1 Å². The Morgan fingerprint density at radius 2 is 1.53 bits per heavy atom. The van der Waals surface area contributed by atoms with Gasteiger partial charge in [-0.3, -0.25) is 13.9 Å². The molecule has 1 atom stereocenters. The molecule has 0 spiro atoms. The van der Waals surface area contributed by atoms with E-state index in [9.17, 15) is 18.0 Å². The Labute approximate surface area is 258 Å². The molecule has 1 unspecified atom stereocenters. The molecule has 4 aliphatic rings. The van der Waals surface area contributed by atoms with Gasteiger partial charge in [-0.05, 0) is 110 Å². The summed E-state index contributed by atoms with van der Waals surface area (Å²) >= 11 is 0. The van der Waals surface area contributed by atoms with Crippen LogP contribution in [0.15, 0.2) is 48.5 Å². The van der Waals surface area contributed by atoms with Crippen molar-refractivity contribution in [3.63, 3.8) is 0 Å². The molecular weight excluding hydrogens is 558 g/mol. The molecule has 0 radical (unpaired) electrons. The summed E-state index contributed by atoms with van der Waals surface area (Å²) in [6, 6.07) is 15.0. The molecule has 4 aliphatic carbocycles. The monoisotopic (exact) mass is 607 g/mol. The van der Waals surface area contributed by atoms with Gasteiger partial charge in [0.15, 0.2) is 0 Å². The Morgan fingerprint density at radius 1 is 0.953 bits per heavy atom. The second kappa shape index (κ2) is 12.6. The number of sulfonamides is 1. The Hall–Kier alpha value is -2.87. The fourth-order valence-electron chi connectivity index (χ4n) is 8.37. The lowest BCUT2D eigenvalue weighted by molar-refractivity contribution is -0.140. The molecule has 0 heterocycles. The Balaban J connectivity index is 1.40. The van der Waals surface area contributed by atoms with E-state index in [2.05, 4.69) is 17.4 Å². The lowest BCUT2D eigenvalue weighted by Gasteiger charge is -2.57. The minimum Gasteiger partial charge on any atom is -0.354 e. The highest BCUT2D eigenvalue weighted by molar-refractivity contribution is 7.92. The number of aryl methyl sites for hydroxylation is 1. The van der Waals surface area contributed by atoms with Crippen LogP contribution < -0.4 is 9.62 Å². The predicted molar refractivity (Wildman–Crippen MR) is 172 cm³/mol. The van der Waals surface area contributed by atoms with Crippen LogP contribution >= 0.6 is 0 Å². The largest absolute Gasteiger partial charge is 0.354 e. The summed E-state index contributed by atoms with van der Waals surface area (Å²) in [4.78, 5) is 28.9. The van der Waals surface area contributed by atoms with Crippen molar-refractivity contribution in [2.75, 3.05) is 23.7 Å². The van der Waals surface area contributed by atoms with Gasteiger partial charge >= 0.3 is 0 Å². The van der Waals surface area contributed by atoms with Gasteiger partial charge in [-0.1, -0.05) is 57.2 Å². The zero-order chi connectivity index (χ0) is 30.9. The third kappa shape index (κ3) is 6.95. The van der Waals surface area contributed by atoms with Crippen molar-refractivity contribution in [2.45, 2.75) is 90.6 Å². The van der Waals surface area contributed by atoms with E-state index in [0.29, 0.717) is 18.7 Å². The van der Waals surface area contributed by atoms with Crippen LogP contribution in [0.2, 0.25) is 0 Å². The third-order valence-corrected chi connectivity index (χ3v) is 11.3. The number of hydrogen-bond acceptors (Lipinski definition) is 4. The van der Waals surface area contributed by atoms with Gasteiger partial charge in [0.05, 0.1) is 11.9 Å². The fourth-order valence-corrected chi connectivity index (χ4v) is 9.22. The number of amides is 2. The molecule has 0 aromatic heterocycles. The van der Waals surface area contributed by atoms with Crippen LogP contribution in [-0.2, 0) is 31.6 Å². The molecule has 4 fully saturated rings. The third-order valence-electron chi connectivity index (χ3n) is 10.2. The SMILES string of the molecule is CCC(C(=O)NCC(C)C)N(Cc1ccccc1C)C(=O)CN(c1ccc(C23CC4CC(CC(C4)C2)C3)cc1)S(C)(=O)=O. The molecule has 0 saturated heterocycles. The van der Waals surface area contributed by atoms with Crippen LogP contribution in [0, 0.1) is 30.6 Å². The van der Waals surface area contributed by atoms with E-state index in [1.165, 1.54) is 48.4 Å². The van der Waals surface area contributed by atoms with Gasteiger partial charge in [0.25, 0.3) is 0 Å². The van der Waals surface area contributed by atoms with E-state index >= 15 is 0 Å². The summed E-state index contributed by atoms with van der Waals surface area (Å²) in [6.07, 6.45) is 9.37. The van der Waals surface area contributed by atoms with E-state index in [4.69, 9.17) is 0 Å². The van der Waals surface area contributed by atoms with Gasteiger partial charge in [0.1, 0.15) is 12.6 Å². The smallest absolute Gasteiger partial charge is 0.244 e. The maximum absolute atomic E-state index is 14.1. The molecule has 234 valence electrons. The zero-order valence-electron chi connectivity index (χ0n) is 26.5. The summed E-state index contributed by atoms with van der Waals surface area (Å²) < 4.78 is 27.5. The average molecular weight is 608 g/mol. The van der Waals surface area contributed by atoms with Gasteiger partial charge in [-0.25, -0.2) is 8.42 Å². The number of nitrogens with zero attached hydrogens (tertiary/aromatic N) is 2. The molecule has 1 N–H and O–H groups in total. The highest BCUT2D eigenvalue weighted by Crippen LogP contribution is 2.60. The second-order valence-corrected chi connectivity index (χ2v) is 15.9. The van der Waals surface area contributed by atoms with Crippen LogP contribution in [0.4, 0.5) is 5.69 Å². The number of carbonyl (C=O) groups excluding carboxylic acids is 2. The highest BCUT2D eigenvalue weighted by atomic mass is 32.2. The van der Waals surface area contributed by atoms with Crippen LogP contribution in [0.5, 0.6) is 0 Å². The first-order chi connectivity index (χ1) is 20.4. The van der Waals surface area contributed by atoms with Crippen molar-refractivity contribution in [1.82, 2.24) is 10.2 Å². The minimum absolute atomic E-state index is 0.209. The lowest BCUT2D eigenvalue weighted by Crippen LogP contribution is -2.52. The van der Waals surface area contributed by atoms with Crippen molar-refractivity contribution in [3.8, 4) is 0 Å². The molecule has 2 aromatic carbocycles. The van der Waals surface area contributed by atoms with Gasteiger partial charge in [-0.15, -0.1) is 0 Å². The minimum atomic E-state index is -3.77. The first-order valence-electron chi connectivity index (χ1n) is 16.1. The molecule has 2 aromatic rings. The predicted octanol–water partition coefficient (Wildman–Crippen LogP) is 5.81. The molecule has 0 aliphatic heterocycles. The summed E-state index contributed by atoms with van der Waals surface area (Å²) in [7, 11) is -3.77. The van der Waals surface area contributed by atoms with E-state index < -0.39 is 22.0 Å². The van der Waals surface area contributed by atoms with Crippen LogP contribution in [0.3, 0.4) is 0 Å². The van der Waals surface area contributed by atoms with E-state index in [1.807, 2.05) is 64.1 Å². The maximum Gasteiger partial charge on any atom is 0.244 e. The van der Waals surface area contributed by atoms with Crippen molar-refractivity contribution in [2.24, 2.45) is 23.7 Å². The zero-order valence-corrected chi connectivity index (χ0v) is 27.3. The number of carbonyl (C=O) groups is 2. The Bertz CT molecular complexity index is 1380. The van der Waals surface area contributed by atoms with Crippen molar-refractivity contribution in [3.05, 3.63) is 65.2 Å². The standard InChI is InChI=1S/C35H49N3O4S/c1-6-32(34(40)36-21-24(2)3)37(22-29-10-8-7-9-25(29)4)33(39)23-38(43(5,41)42)31-13-11-30(12-14-31)35-18-26-15-27(19-35)17-28(16-26)20-35/h7-14,24,26-28,32H,6,15-23H2,1-5H3,(H,36,40). The number of anilines is 1. The maximum atomic E-state index is 14.1. The number of nitrogens with one attached hydrogen (secondary N) is 1. The Morgan fingerprint density at radius 3 is 2.05 bits per heavy atom. The summed E-state index contributed by atoms with van der Waals surface area (Å²) in [5.74, 6) is 2.11. The summed E-state index contributed by atoms with van der Waals surface area (Å²) in [6.45, 7) is 8.28. The van der Waals surface area contributed by atoms with Crippen molar-refractivity contribution in [1.29, 1.82) is 0 Å². The summed E-state index contributed by atoms with van der Waals surface area (Å²) in [5.41, 5.74) is 3.94. The molecule has 7 nitrogen and oxygen atoms in total. The quantitative estimate of drug-likeness (QED) is 0.330. The molecule has 4 saturated carbocycles. The fraction of sp³-hybridized carbons (Fsp3) is 0.600. The van der Waals surface area contributed by atoms with E-state index in [0.717, 1.165) is 35.1 Å². The number of hydrogen-bond donors (Lipinski definition) is 1. The highest BCUT2D eigenvalue weighted by Gasteiger charge is 2.51. The molecular formula is C35H49N3O4S. The van der Waals surface area contributed by atoms with Crippen molar-refractivity contribution < 1.29 is 18.0 Å². The molecule has 43 heavy (non-hydrogen) atoms. The topological polar surface area (TPSA) is 86.8 Å². The van der Waals surface area contributed by atoms with Crippen LogP contribution in [0.25, 0.3) is 0 Å². The van der Waals surface area contributed by atoms with E-state index in [1.54, 1.807) is 4.90 Å². The van der Waals surface area contributed by atoms with Gasteiger partial charge < -0.3 is 10.2 Å². The van der Waals surface area contributed by atoms with Gasteiger partial charge in [-0.2, -0.15) is 0 Å². The normalized spacial score (nSPS) is 25.0. The van der Waals surface area contributed by atoms with Gasteiger partial charge in [0.2, 0.25) is 21.8 Å². The van der Waals surface area contributed by atoms with Crippen molar-refractivity contribution >= 4 is 27.5 Å². The molecule has 8 heteroatoms. The average Bonchev–Trinajstić information content (AvgIpc) is 2.94. The second-order valence-electron chi connectivity index (χ2n) is 14.0. The lowest BCUT2D eigenvalue weighted by atomic mass is 9.48. The molecule has 6 rings (SSSR count). The van der Waals surface area contributed by atoms with E-state index in [-0.39, 0.29) is 30.3 Å². The van der Waals surface area contributed by atoms with Crippen LogP contribution in [-0.4, -0.2) is 50.5 Å². The molecule has 4 bridgehead atoms. The summed E-state index contributed by atoms with van der Waals surface area (Å²) in [5, 5.41) is 2.98. The number of rotatable bonds is 12. The van der Waals surface area contributed by atoms with Crippen LogP contribution in [0.1, 0.15) is 82.4 Å². The first-order valence-corrected chi connectivity index (χ1v) is 17.9. The first kappa shape index (κ1) is 31.6. The number of benzene rings is 2.